The maximum absolute atomic E-state index is 10.7. The van der Waals surface area contributed by atoms with Crippen LogP contribution in [0.4, 0.5) is 0 Å². The van der Waals surface area contributed by atoms with Gasteiger partial charge in [0.15, 0.2) is 5.65 Å². The highest BCUT2D eigenvalue weighted by Crippen LogP contribution is 2.24. The summed E-state index contributed by atoms with van der Waals surface area (Å²) < 4.78 is 6.97. The Morgan fingerprint density at radius 3 is 2.67 bits per heavy atom. The van der Waals surface area contributed by atoms with E-state index in [-0.39, 0.29) is 5.75 Å². The lowest BCUT2D eigenvalue weighted by Crippen LogP contribution is -2.07. The van der Waals surface area contributed by atoms with E-state index in [0.29, 0.717) is 29.1 Å². The first-order chi connectivity index (χ1) is 13.1. The molecule has 4 aromatic rings. The molecule has 4 rings (SSSR count). The number of aromatic hydroxyl groups is 1. The van der Waals surface area contributed by atoms with Crippen molar-refractivity contribution < 1.29 is 14.9 Å². The van der Waals surface area contributed by atoms with Crippen molar-refractivity contribution in [1.82, 2.24) is 14.6 Å². The molecule has 0 radical (unpaired) electrons. The molecule has 27 heavy (non-hydrogen) atoms. The number of imidazole rings is 1. The molecule has 2 aromatic carbocycles. The van der Waals surface area contributed by atoms with Crippen LogP contribution in [0.15, 0.2) is 66.9 Å². The Morgan fingerprint density at radius 1 is 1.07 bits per heavy atom. The van der Waals surface area contributed by atoms with Crippen molar-refractivity contribution in [3.63, 3.8) is 0 Å². The number of aliphatic hydroxyl groups is 1. The van der Waals surface area contributed by atoms with Gasteiger partial charge in [0.25, 0.3) is 0 Å². The summed E-state index contributed by atoms with van der Waals surface area (Å²) in [7, 11) is 1.59. The van der Waals surface area contributed by atoms with Gasteiger partial charge in [-0.2, -0.15) is 5.10 Å². The van der Waals surface area contributed by atoms with E-state index in [4.69, 9.17) is 4.74 Å². The predicted octanol–water partition coefficient (Wildman–Crippen LogP) is 3.12. The van der Waals surface area contributed by atoms with Gasteiger partial charge in [-0.1, -0.05) is 24.3 Å². The molecule has 1 unspecified atom stereocenters. The molecule has 0 saturated carbocycles. The molecule has 0 saturated heterocycles. The normalized spacial score (nSPS) is 12.2. The molecule has 0 amide bonds. The van der Waals surface area contributed by atoms with Gasteiger partial charge in [0.05, 0.1) is 24.7 Å². The van der Waals surface area contributed by atoms with Gasteiger partial charge in [-0.05, 0) is 47.5 Å². The molecule has 0 spiro atoms. The average Bonchev–Trinajstić information content (AvgIpc) is 3.11. The number of phenols is 1. The number of rotatable bonds is 5. The zero-order valence-corrected chi connectivity index (χ0v) is 14.8. The van der Waals surface area contributed by atoms with E-state index in [1.165, 1.54) is 0 Å². The van der Waals surface area contributed by atoms with E-state index >= 15 is 0 Å². The van der Waals surface area contributed by atoms with Crippen LogP contribution < -0.4 is 4.74 Å². The standard InChI is InChI=1S/C21H19N3O3/c1-27-18-4-2-3-15(12-18)21(26)19-9-10-20-22-13-16(24(20)23-19)11-14-5-7-17(25)8-6-14/h2-10,12-13,21,25-26H,11H2,1H3. The largest absolute Gasteiger partial charge is 0.508 e. The third-order valence-corrected chi connectivity index (χ3v) is 4.46. The first-order valence-corrected chi connectivity index (χ1v) is 8.57. The van der Waals surface area contributed by atoms with Crippen molar-refractivity contribution >= 4 is 5.65 Å². The second kappa shape index (κ2) is 7.09. The minimum Gasteiger partial charge on any atom is -0.508 e. The van der Waals surface area contributed by atoms with Crippen LogP contribution in [0.2, 0.25) is 0 Å². The van der Waals surface area contributed by atoms with Crippen molar-refractivity contribution in [2.24, 2.45) is 0 Å². The molecule has 136 valence electrons. The highest BCUT2D eigenvalue weighted by Gasteiger charge is 2.15. The van der Waals surface area contributed by atoms with Gasteiger partial charge in [-0.15, -0.1) is 0 Å². The van der Waals surface area contributed by atoms with E-state index in [1.807, 2.05) is 36.4 Å². The highest BCUT2D eigenvalue weighted by atomic mass is 16.5. The van der Waals surface area contributed by atoms with Crippen LogP contribution in [0.5, 0.6) is 11.5 Å². The molecule has 2 aromatic heterocycles. The van der Waals surface area contributed by atoms with E-state index in [2.05, 4.69) is 10.1 Å². The summed E-state index contributed by atoms with van der Waals surface area (Å²) in [6.07, 6.45) is 1.53. The number of hydrogen-bond donors (Lipinski definition) is 2. The van der Waals surface area contributed by atoms with Crippen LogP contribution in [0.1, 0.15) is 28.6 Å². The third-order valence-electron chi connectivity index (χ3n) is 4.46. The Morgan fingerprint density at radius 2 is 1.89 bits per heavy atom. The monoisotopic (exact) mass is 361 g/mol. The van der Waals surface area contributed by atoms with Gasteiger partial charge in [0.2, 0.25) is 0 Å². The van der Waals surface area contributed by atoms with Gasteiger partial charge in [0, 0.05) is 6.42 Å². The highest BCUT2D eigenvalue weighted by molar-refractivity contribution is 5.42. The summed E-state index contributed by atoms with van der Waals surface area (Å²) >= 11 is 0. The molecule has 0 bridgehead atoms. The molecule has 0 aliphatic heterocycles. The molecule has 2 N–H and O–H groups in total. The number of methoxy groups -OCH3 is 1. The summed E-state index contributed by atoms with van der Waals surface area (Å²) in [6.45, 7) is 0. The molecule has 6 nitrogen and oxygen atoms in total. The minimum atomic E-state index is -0.867. The molecule has 6 heteroatoms. The van der Waals surface area contributed by atoms with E-state index in [1.54, 1.807) is 42.1 Å². The Balaban J connectivity index is 1.67. The molecule has 0 fully saturated rings. The van der Waals surface area contributed by atoms with Crippen molar-refractivity contribution in [3.8, 4) is 11.5 Å². The fourth-order valence-electron chi connectivity index (χ4n) is 3.01. The van der Waals surface area contributed by atoms with Crippen LogP contribution in [0.3, 0.4) is 0 Å². The minimum absolute atomic E-state index is 0.235. The van der Waals surface area contributed by atoms with Gasteiger partial charge < -0.3 is 14.9 Å². The lowest BCUT2D eigenvalue weighted by Gasteiger charge is -2.12. The molecule has 0 aliphatic rings. The lowest BCUT2D eigenvalue weighted by molar-refractivity contribution is 0.213. The van der Waals surface area contributed by atoms with Gasteiger partial charge in [-0.3, -0.25) is 0 Å². The first-order valence-electron chi connectivity index (χ1n) is 8.57. The fraction of sp³-hybridized carbons (Fsp3) is 0.143. The Bertz CT molecular complexity index is 1070. The smallest absolute Gasteiger partial charge is 0.153 e. The zero-order valence-electron chi connectivity index (χ0n) is 14.8. The second-order valence-corrected chi connectivity index (χ2v) is 6.30. The second-order valence-electron chi connectivity index (χ2n) is 6.30. The summed E-state index contributed by atoms with van der Waals surface area (Å²) in [5.74, 6) is 0.919. The topological polar surface area (TPSA) is 79.9 Å². The number of aromatic nitrogens is 3. The average molecular weight is 361 g/mol. The Labute approximate surface area is 156 Å². The van der Waals surface area contributed by atoms with E-state index < -0.39 is 6.10 Å². The molecule has 2 heterocycles. The maximum Gasteiger partial charge on any atom is 0.153 e. The van der Waals surface area contributed by atoms with Gasteiger partial charge in [-0.25, -0.2) is 9.50 Å². The number of hydrogen-bond acceptors (Lipinski definition) is 5. The van der Waals surface area contributed by atoms with E-state index in [9.17, 15) is 10.2 Å². The summed E-state index contributed by atoms with van der Waals surface area (Å²) in [5, 5.41) is 24.8. The third kappa shape index (κ3) is 3.47. The first kappa shape index (κ1) is 17.1. The van der Waals surface area contributed by atoms with E-state index in [0.717, 1.165) is 11.3 Å². The van der Waals surface area contributed by atoms with Crippen LogP contribution in [0.25, 0.3) is 5.65 Å². The molecule has 1 atom stereocenters. The van der Waals surface area contributed by atoms with Crippen LogP contribution in [-0.4, -0.2) is 31.9 Å². The predicted molar refractivity (Wildman–Crippen MR) is 101 cm³/mol. The number of ether oxygens (including phenoxy) is 1. The Kier molecular flexibility index (Phi) is 4.48. The number of nitrogens with zero attached hydrogens (tertiary/aromatic N) is 3. The number of fused-ring (bicyclic) bond motifs is 1. The zero-order chi connectivity index (χ0) is 18.8. The summed E-state index contributed by atoms with van der Waals surface area (Å²) in [6, 6.07) is 18.0. The number of aliphatic hydroxyl groups excluding tert-OH is 1. The van der Waals surface area contributed by atoms with Crippen molar-refractivity contribution in [2.75, 3.05) is 7.11 Å². The number of phenolic OH excluding ortho intramolecular Hbond substituents is 1. The SMILES string of the molecule is COc1cccc(C(O)c2ccc3ncc(Cc4ccc(O)cc4)n3n2)c1. The maximum atomic E-state index is 10.7. The van der Waals surface area contributed by atoms with Crippen LogP contribution >= 0.6 is 0 Å². The molecular weight excluding hydrogens is 342 g/mol. The lowest BCUT2D eigenvalue weighted by atomic mass is 10.1. The Hall–Kier alpha value is -3.38. The van der Waals surface area contributed by atoms with Crippen molar-refractivity contribution in [2.45, 2.75) is 12.5 Å². The van der Waals surface area contributed by atoms with Gasteiger partial charge >= 0.3 is 0 Å². The van der Waals surface area contributed by atoms with Crippen molar-refractivity contribution in [3.05, 3.63) is 89.4 Å². The van der Waals surface area contributed by atoms with Gasteiger partial charge in [0.1, 0.15) is 17.6 Å². The fourth-order valence-corrected chi connectivity index (χ4v) is 3.01. The summed E-state index contributed by atoms with van der Waals surface area (Å²) in [5.41, 5.74) is 3.89. The quantitative estimate of drug-likeness (QED) is 0.571. The molecule has 0 aliphatic carbocycles. The van der Waals surface area contributed by atoms with Crippen molar-refractivity contribution in [1.29, 1.82) is 0 Å². The summed E-state index contributed by atoms with van der Waals surface area (Å²) in [4.78, 5) is 4.38. The number of benzene rings is 2. The molecular formula is C21H19N3O3. The van der Waals surface area contributed by atoms with Crippen LogP contribution in [-0.2, 0) is 6.42 Å². The van der Waals surface area contributed by atoms with Crippen LogP contribution in [0, 0.1) is 0 Å².